The van der Waals surface area contributed by atoms with Crippen molar-refractivity contribution < 1.29 is 9.59 Å². The van der Waals surface area contributed by atoms with Crippen LogP contribution in [0.4, 0.5) is 5.82 Å². The molecule has 26 heavy (non-hydrogen) atoms. The van der Waals surface area contributed by atoms with E-state index in [0.29, 0.717) is 32.4 Å². The molecular formula is C18H25N5O2S. The van der Waals surface area contributed by atoms with E-state index in [4.69, 9.17) is 0 Å². The number of hydrogen-bond donors (Lipinski definition) is 1. The van der Waals surface area contributed by atoms with Crippen molar-refractivity contribution in [2.45, 2.75) is 24.8 Å². The Labute approximate surface area is 157 Å². The maximum atomic E-state index is 12.9. The Morgan fingerprint density at radius 3 is 2.58 bits per heavy atom. The number of thiophene rings is 1. The van der Waals surface area contributed by atoms with Gasteiger partial charge in [0.25, 0.3) is 0 Å². The van der Waals surface area contributed by atoms with Crippen molar-refractivity contribution in [2.75, 3.05) is 32.5 Å². The van der Waals surface area contributed by atoms with Gasteiger partial charge in [0.05, 0.1) is 12.6 Å². The van der Waals surface area contributed by atoms with Crippen molar-refractivity contribution >= 4 is 29.0 Å². The van der Waals surface area contributed by atoms with Crippen LogP contribution in [-0.4, -0.2) is 64.1 Å². The second kappa shape index (κ2) is 7.49. The first-order chi connectivity index (χ1) is 12.4. The van der Waals surface area contributed by atoms with Crippen molar-refractivity contribution in [3.63, 3.8) is 0 Å². The summed E-state index contributed by atoms with van der Waals surface area (Å²) in [6, 6.07) is 5.80. The van der Waals surface area contributed by atoms with Crippen molar-refractivity contribution in [2.24, 2.45) is 7.05 Å². The molecule has 0 saturated carbocycles. The van der Waals surface area contributed by atoms with Gasteiger partial charge in [0.15, 0.2) is 0 Å². The first kappa shape index (κ1) is 18.4. The molecule has 1 aliphatic heterocycles. The number of rotatable bonds is 5. The molecule has 1 fully saturated rings. The van der Waals surface area contributed by atoms with Gasteiger partial charge in [-0.1, -0.05) is 6.07 Å². The Morgan fingerprint density at radius 1 is 1.31 bits per heavy atom. The minimum atomic E-state index is -0.711. The lowest BCUT2D eigenvalue weighted by atomic mass is 9.85. The van der Waals surface area contributed by atoms with Crippen molar-refractivity contribution in [1.82, 2.24) is 19.6 Å². The number of anilines is 1. The van der Waals surface area contributed by atoms with Crippen molar-refractivity contribution in [3.8, 4) is 0 Å². The average molecular weight is 375 g/mol. The van der Waals surface area contributed by atoms with E-state index in [1.807, 2.05) is 35.5 Å². The van der Waals surface area contributed by atoms with Crippen LogP contribution < -0.4 is 5.32 Å². The highest BCUT2D eigenvalue weighted by molar-refractivity contribution is 7.10. The van der Waals surface area contributed by atoms with Gasteiger partial charge < -0.3 is 15.1 Å². The van der Waals surface area contributed by atoms with Gasteiger partial charge in [-0.05, 0) is 24.3 Å². The van der Waals surface area contributed by atoms with Gasteiger partial charge in [-0.25, -0.2) is 0 Å². The van der Waals surface area contributed by atoms with Gasteiger partial charge in [0.1, 0.15) is 11.4 Å². The van der Waals surface area contributed by atoms with Gasteiger partial charge in [0.2, 0.25) is 11.8 Å². The van der Waals surface area contributed by atoms with Gasteiger partial charge in [0, 0.05) is 45.2 Å². The number of nitrogens with zero attached hydrogens (tertiary/aromatic N) is 4. The molecule has 0 radical (unpaired) electrons. The highest BCUT2D eigenvalue weighted by Gasteiger charge is 2.43. The smallest absolute Gasteiger partial charge is 0.247 e. The van der Waals surface area contributed by atoms with Gasteiger partial charge >= 0.3 is 0 Å². The van der Waals surface area contributed by atoms with Crippen LogP contribution in [0.25, 0.3) is 0 Å². The molecule has 1 aliphatic rings. The van der Waals surface area contributed by atoms with Gasteiger partial charge in [-0.15, -0.1) is 11.3 Å². The molecule has 8 heteroatoms. The number of carbonyl (C=O) groups excluding carboxylic acids is 2. The molecule has 0 unspecified atom stereocenters. The second-order valence-corrected chi connectivity index (χ2v) is 7.92. The summed E-state index contributed by atoms with van der Waals surface area (Å²) in [6.45, 7) is 1.13. The fourth-order valence-corrected chi connectivity index (χ4v) is 4.07. The monoisotopic (exact) mass is 375 g/mol. The quantitative estimate of drug-likeness (QED) is 0.862. The number of nitrogens with one attached hydrogen (secondary N) is 1. The predicted octanol–water partition coefficient (Wildman–Crippen LogP) is 1.59. The molecule has 1 N–H and O–H groups in total. The Hall–Kier alpha value is -2.35. The molecule has 2 aromatic rings. The molecule has 0 spiro atoms. The Morgan fingerprint density at radius 2 is 2.04 bits per heavy atom. The van der Waals surface area contributed by atoms with Crippen molar-refractivity contribution in [3.05, 3.63) is 34.7 Å². The molecule has 0 aromatic carbocycles. The van der Waals surface area contributed by atoms with Crippen LogP contribution in [0.5, 0.6) is 0 Å². The molecule has 140 valence electrons. The number of carbonyl (C=O) groups is 2. The summed E-state index contributed by atoms with van der Waals surface area (Å²) in [5.41, 5.74) is -0.711. The summed E-state index contributed by atoms with van der Waals surface area (Å²) in [4.78, 5) is 30.0. The molecule has 3 rings (SSSR count). The number of piperidine rings is 1. The predicted molar refractivity (Wildman–Crippen MR) is 102 cm³/mol. The summed E-state index contributed by atoms with van der Waals surface area (Å²) in [5.74, 6) is 0.960. The molecule has 0 aliphatic carbocycles. The topological polar surface area (TPSA) is 70.5 Å². The fraction of sp³-hybridized carbons (Fsp3) is 0.500. The molecule has 3 heterocycles. The Kier molecular flexibility index (Phi) is 5.31. The zero-order valence-electron chi connectivity index (χ0n) is 15.4. The lowest BCUT2D eigenvalue weighted by molar-refractivity contribution is -0.139. The van der Waals surface area contributed by atoms with E-state index in [9.17, 15) is 9.59 Å². The molecule has 7 nitrogen and oxygen atoms in total. The number of likely N-dealkylation sites (tertiary alicyclic amines) is 1. The van der Waals surface area contributed by atoms with E-state index in [-0.39, 0.29) is 11.8 Å². The molecule has 0 atom stereocenters. The van der Waals surface area contributed by atoms with Crippen LogP contribution in [0.2, 0.25) is 0 Å². The van der Waals surface area contributed by atoms with E-state index in [1.54, 1.807) is 41.2 Å². The lowest BCUT2D eigenvalue weighted by Crippen LogP contribution is -2.59. The minimum absolute atomic E-state index is 0.0315. The first-order valence-electron chi connectivity index (χ1n) is 8.69. The molecule has 2 aromatic heterocycles. The number of aryl methyl sites for hydroxylation is 1. The second-order valence-electron chi connectivity index (χ2n) is 6.88. The van der Waals surface area contributed by atoms with E-state index in [2.05, 4.69) is 10.4 Å². The van der Waals surface area contributed by atoms with Crippen LogP contribution in [0.15, 0.2) is 29.8 Å². The average Bonchev–Trinajstić information content (AvgIpc) is 3.27. The van der Waals surface area contributed by atoms with Crippen LogP contribution in [0.3, 0.4) is 0 Å². The van der Waals surface area contributed by atoms with Gasteiger partial charge in [-0.2, -0.15) is 5.10 Å². The Balaban J connectivity index is 1.71. The van der Waals surface area contributed by atoms with Crippen molar-refractivity contribution in [1.29, 1.82) is 0 Å². The maximum absolute atomic E-state index is 12.9. The van der Waals surface area contributed by atoms with E-state index in [0.717, 1.165) is 10.7 Å². The van der Waals surface area contributed by atoms with Gasteiger partial charge in [-0.3, -0.25) is 14.3 Å². The molecule has 1 saturated heterocycles. The fourth-order valence-electron chi connectivity index (χ4n) is 3.37. The highest BCUT2D eigenvalue weighted by Crippen LogP contribution is 2.29. The summed E-state index contributed by atoms with van der Waals surface area (Å²) in [5, 5.41) is 9.55. The summed E-state index contributed by atoms with van der Waals surface area (Å²) >= 11 is 1.60. The third-order valence-electron chi connectivity index (χ3n) is 4.88. The molecule has 2 amide bonds. The third kappa shape index (κ3) is 3.75. The van der Waals surface area contributed by atoms with Crippen LogP contribution in [0, 0.1) is 0 Å². The van der Waals surface area contributed by atoms with E-state index < -0.39 is 5.54 Å². The van der Waals surface area contributed by atoms with E-state index >= 15 is 0 Å². The minimum Gasteiger partial charge on any atom is -0.356 e. The zero-order valence-corrected chi connectivity index (χ0v) is 16.3. The normalized spacial score (nSPS) is 16.3. The Bertz CT molecular complexity index is 760. The summed E-state index contributed by atoms with van der Waals surface area (Å²) in [7, 11) is 5.38. The first-order valence-corrected chi connectivity index (χ1v) is 9.57. The summed E-state index contributed by atoms with van der Waals surface area (Å²) in [6.07, 6.45) is 3.29. The zero-order chi connectivity index (χ0) is 18.7. The number of hydrogen-bond acceptors (Lipinski definition) is 5. The number of aromatic nitrogens is 2. The van der Waals surface area contributed by atoms with Crippen LogP contribution in [0.1, 0.15) is 17.7 Å². The number of likely N-dealkylation sites (N-methyl/N-ethyl adjacent to an activating group) is 1. The SMILES string of the molecule is CN(C)C(=O)C1(Nc2ccnn2C)CCN(C(=O)Cc2cccs2)CC1. The van der Waals surface area contributed by atoms with Crippen LogP contribution >= 0.6 is 11.3 Å². The molecule has 0 bridgehead atoms. The largest absolute Gasteiger partial charge is 0.356 e. The summed E-state index contributed by atoms with van der Waals surface area (Å²) < 4.78 is 1.72. The molecular weight excluding hydrogens is 350 g/mol. The van der Waals surface area contributed by atoms with Crippen LogP contribution in [-0.2, 0) is 23.1 Å². The standard InChI is InChI=1S/C18H25N5O2S/c1-21(2)17(25)18(20-15-6-9-19-22(15)3)7-10-23(11-8-18)16(24)13-14-5-4-12-26-14/h4-6,9,12,20H,7-8,10-11,13H2,1-3H3. The third-order valence-corrected chi connectivity index (χ3v) is 5.76. The lowest BCUT2D eigenvalue weighted by Gasteiger charge is -2.42. The maximum Gasteiger partial charge on any atom is 0.247 e. The highest BCUT2D eigenvalue weighted by atomic mass is 32.1. The van der Waals surface area contributed by atoms with E-state index in [1.165, 1.54) is 0 Å². The number of amides is 2.